The van der Waals surface area contributed by atoms with E-state index in [1.54, 1.807) is 0 Å². The van der Waals surface area contributed by atoms with Crippen molar-refractivity contribution in [3.8, 4) is 0 Å². The predicted molar refractivity (Wildman–Crippen MR) is 107 cm³/mol. The summed E-state index contributed by atoms with van der Waals surface area (Å²) >= 11 is 0. The van der Waals surface area contributed by atoms with E-state index in [1.165, 1.54) is 0 Å². The van der Waals surface area contributed by atoms with E-state index < -0.39 is 0 Å². The van der Waals surface area contributed by atoms with Gasteiger partial charge < -0.3 is 4.90 Å². The van der Waals surface area contributed by atoms with Gasteiger partial charge >= 0.3 is 0 Å². The molecule has 1 N–H and O–H groups in total. The second-order valence-corrected chi connectivity index (χ2v) is 6.56. The first kappa shape index (κ1) is 17.4. The van der Waals surface area contributed by atoms with Gasteiger partial charge in [0.25, 0.3) is 0 Å². The van der Waals surface area contributed by atoms with Gasteiger partial charge in [-0.2, -0.15) is 0 Å². The first-order valence-electron chi connectivity index (χ1n) is 9.37. The smallest absolute Gasteiger partial charge is 0.129 e. The van der Waals surface area contributed by atoms with E-state index in [2.05, 4.69) is 30.9 Å². The summed E-state index contributed by atoms with van der Waals surface area (Å²) in [7, 11) is 0. The molecule has 2 aromatic carbocycles. The van der Waals surface area contributed by atoms with Crippen LogP contribution in [0.2, 0.25) is 0 Å². The maximum absolute atomic E-state index is 9.01. The van der Waals surface area contributed by atoms with Gasteiger partial charge in [0.1, 0.15) is 5.84 Å². The maximum atomic E-state index is 9.01. The SMILES string of the molecule is CCCCN(CCCC)C(=N)c1c2ccccc2nc2ccccc12. The number of rotatable bonds is 7. The summed E-state index contributed by atoms with van der Waals surface area (Å²) in [6, 6.07) is 16.4. The van der Waals surface area contributed by atoms with E-state index in [-0.39, 0.29) is 0 Å². The van der Waals surface area contributed by atoms with E-state index in [4.69, 9.17) is 10.4 Å². The number of para-hydroxylation sites is 2. The van der Waals surface area contributed by atoms with E-state index in [1.807, 2.05) is 36.4 Å². The lowest BCUT2D eigenvalue weighted by atomic mass is 10.0. The fourth-order valence-electron chi connectivity index (χ4n) is 3.29. The Balaban J connectivity index is 2.14. The molecule has 0 saturated heterocycles. The Kier molecular flexibility index (Phi) is 5.64. The monoisotopic (exact) mass is 333 g/mol. The van der Waals surface area contributed by atoms with Gasteiger partial charge in [0.05, 0.1) is 11.0 Å². The largest absolute Gasteiger partial charge is 0.357 e. The Bertz CT molecular complexity index is 807. The predicted octanol–water partition coefficient (Wildman–Crippen LogP) is 5.62. The molecule has 0 spiro atoms. The van der Waals surface area contributed by atoms with Crippen LogP contribution < -0.4 is 0 Å². The summed E-state index contributed by atoms with van der Waals surface area (Å²) in [5, 5.41) is 11.2. The molecule has 0 aliphatic rings. The molecule has 1 heterocycles. The van der Waals surface area contributed by atoms with Crippen molar-refractivity contribution in [2.75, 3.05) is 13.1 Å². The third-order valence-corrected chi connectivity index (χ3v) is 4.70. The van der Waals surface area contributed by atoms with Crippen LogP contribution in [-0.2, 0) is 0 Å². The molecule has 3 heteroatoms. The lowest BCUT2D eigenvalue weighted by molar-refractivity contribution is 0.397. The van der Waals surface area contributed by atoms with Crippen LogP contribution in [-0.4, -0.2) is 28.8 Å². The van der Waals surface area contributed by atoms with Gasteiger partial charge in [-0.3, -0.25) is 5.41 Å². The second kappa shape index (κ2) is 8.11. The van der Waals surface area contributed by atoms with Crippen LogP contribution in [0.3, 0.4) is 0 Å². The number of nitrogens with one attached hydrogen (secondary N) is 1. The number of hydrogen-bond donors (Lipinski definition) is 1. The number of amidine groups is 1. The van der Waals surface area contributed by atoms with Gasteiger partial charge in [-0.15, -0.1) is 0 Å². The fraction of sp³-hybridized carbons (Fsp3) is 0.364. The van der Waals surface area contributed by atoms with Crippen molar-refractivity contribution < 1.29 is 0 Å². The van der Waals surface area contributed by atoms with Gasteiger partial charge in [-0.25, -0.2) is 4.98 Å². The minimum atomic E-state index is 0.636. The van der Waals surface area contributed by atoms with Crippen molar-refractivity contribution in [2.45, 2.75) is 39.5 Å². The van der Waals surface area contributed by atoms with E-state index in [0.717, 1.165) is 66.1 Å². The molecule has 3 rings (SSSR count). The Labute approximate surface area is 150 Å². The van der Waals surface area contributed by atoms with Crippen LogP contribution in [0.15, 0.2) is 48.5 Å². The lowest BCUT2D eigenvalue weighted by Gasteiger charge is -2.26. The van der Waals surface area contributed by atoms with Crippen molar-refractivity contribution in [1.82, 2.24) is 9.88 Å². The van der Waals surface area contributed by atoms with Crippen molar-refractivity contribution in [2.24, 2.45) is 0 Å². The Morgan fingerprint density at radius 2 is 1.32 bits per heavy atom. The highest BCUT2D eigenvalue weighted by Crippen LogP contribution is 2.27. The number of benzene rings is 2. The first-order chi connectivity index (χ1) is 12.3. The molecular formula is C22H27N3. The minimum absolute atomic E-state index is 0.636. The van der Waals surface area contributed by atoms with E-state index in [0.29, 0.717) is 5.84 Å². The molecule has 0 aliphatic heterocycles. The molecule has 3 nitrogen and oxygen atoms in total. The molecule has 0 amide bonds. The van der Waals surface area contributed by atoms with E-state index >= 15 is 0 Å². The maximum Gasteiger partial charge on any atom is 0.129 e. The Morgan fingerprint density at radius 1 is 0.840 bits per heavy atom. The second-order valence-electron chi connectivity index (χ2n) is 6.56. The molecule has 0 bridgehead atoms. The number of fused-ring (bicyclic) bond motifs is 2. The van der Waals surface area contributed by atoms with Crippen molar-refractivity contribution in [3.05, 3.63) is 54.1 Å². The van der Waals surface area contributed by atoms with Crippen LogP contribution in [0.5, 0.6) is 0 Å². The number of aromatic nitrogens is 1. The Hall–Kier alpha value is -2.42. The van der Waals surface area contributed by atoms with Gasteiger partial charge in [-0.1, -0.05) is 63.1 Å². The highest BCUT2D eigenvalue weighted by atomic mass is 15.2. The minimum Gasteiger partial charge on any atom is -0.357 e. The summed E-state index contributed by atoms with van der Waals surface area (Å²) in [6.07, 6.45) is 4.53. The average molecular weight is 333 g/mol. The summed E-state index contributed by atoms with van der Waals surface area (Å²) in [5.41, 5.74) is 2.95. The summed E-state index contributed by atoms with van der Waals surface area (Å²) in [6.45, 7) is 6.30. The molecule has 0 unspecified atom stereocenters. The van der Waals surface area contributed by atoms with Crippen LogP contribution in [0.1, 0.15) is 45.1 Å². The van der Waals surface area contributed by atoms with Crippen molar-refractivity contribution in [1.29, 1.82) is 5.41 Å². The van der Waals surface area contributed by atoms with Crippen molar-refractivity contribution in [3.63, 3.8) is 0 Å². The molecule has 0 aliphatic carbocycles. The molecule has 130 valence electrons. The molecular weight excluding hydrogens is 306 g/mol. The molecule has 0 fully saturated rings. The van der Waals surface area contributed by atoms with Crippen LogP contribution in [0, 0.1) is 5.41 Å². The quantitative estimate of drug-likeness (QED) is 0.346. The highest BCUT2D eigenvalue weighted by molar-refractivity contribution is 6.17. The lowest BCUT2D eigenvalue weighted by Crippen LogP contribution is -2.33. The Morgan fingerprint density at radius 3 is 1.80 bits per heavy atom. The number of nitrogens with zero attached hydrogens (tertiary/aromatic N) is 2. The van der Waals surface area contributed by atoms with Crippen LogP contribution >= 0.6 is 0 Å². The fourth-order valence-corrected chi connectivity index (χ4v) is 3.29. The standard InChI is InChI=1S/C22H27N3/c1-3-5-15-25(16-6-4-2)22(23)21-17-11-7-9-13-19(17)24-20-14-10-8-12-18(20)21/h7-14,23H,3-6,15-16H2,1-2H3. The molecule has 0 atom stereocenters. The van der Waals surface area contributed by atoms with Crippen LogP contribution in [0.4, 0.5) is 0 Å². The molecule has 1 aromatic heterocycles. The molecule has 0 saturated carbocycles. The van der Waals surface area contributed by atoms with Gasteiger partial charge in [-0.05, 0) is 25.0 Å². The number of pyridine rings is 1. The zero-order chi connectivity index (χ0) is 17.6. The molecule has 25 heavy (non-hydrogen) atoms. The number of unbranched alkanes of at least 4 members (excludes halogenated alkanes) is 2. The normalized spacial score (nSPS) is 11.1. The van der Waals surface area contributed by atoms with E-state index in [9.17, 15) is 0 Å². The van der Waals surface area contributed by atoms with Crippen LogP contribution in [0.25, 0.3) is 21.8 Å². The summed E-state index contributed by atoms with van der Waals surface area (Å²) < 4.78 is 0. The zero-order valence-corrected chi connectivity index (χ0v) is 15.3. The summed E-state index contributed by atoms with van der Waals surface area (Å²) in [4.78, 5) is 7.04. The first-order valence-corrected chi connectivity index (χ1v) is 9.37. The van der Waals surface area contributed by atoms with Gasteiger partial charge in [0.2, 0.25) is 0 Å². The molecule has 3 aromatic rings. The van der Waals surface area contributed by atoms with Gasteiger partial charge in [0.15, 0.2) is 0 Å². The highest BCUT2D eigenvalue weighted by Gasteiger charge is 2.17. The van der Waals surface area contributed by atoms with Crippen molar-refractivity contribution >= 4 is 27.6 Å². The molecule has 0 radical (unpaired) electrons. The zero-order valence-electron chi connectivity index (χ0n) is 15.3. The number of hydrogen-bond acceptors (Lipinski definition) is 2. The third kappa shape index (κ3) is 3.65. The topological polar surface area (TPSA) is 40.0 Å². The summed E-state index contributed by atoms with van der Waals surface area (Å²) in [5.74, 6) is 0.636. The van der Waals surface area contributed by atoms with Gasteiger partial charge in [0, 0.05) is 29.4 Å². The average Bonchev–Trinajstić information content (AvgIpc) is 2.65. The third-order valence-electron chi connectivity index (χ3n) is 4.70.